The first kappa shape index (κ1) is 9.04. The van der Waals surface area contributed by atoms with Crippen molar-refractivity contribution in [2.24, 2.45) is 5.73 Å². The second-order valence-electron chi connectivity index (χ2n) is 1.20. The molecule has 8 heteroatoms. The molecular weight excluding hydrogens is 168 g/mol. The predicted octanol–water partition coefficient (Wildman–Crippen LogP) is -2.25. The molecule has 2 unspecified atom stereocenters. The molecule has 9 heavy (non-hydrogen) atoms. The van der Waals surface area contributed by atoms with Gasteiger partial charge in [-0.1, -0.05) is 9.13 Å². The van der Waals surface area contributed by atoms with E-state index in [4.69, 9.17) is 5.11 Å². The number of hydrogen-bond acceptors (Lipinski definition) is 6. The molecule has 0 bridgehead atoms. The Bertz CT molecular complexity index is 137. The molecule has 52 valence electrons. The first-order chi connectivity index (χ1) is 3.89. The molecule has 6 nitrogen and oxygen atoms in total. The number of aliphatic hydroxyl groups is 1. The van der Waals surface area contributed by atoms with Crippen molar-refractivity contribution in [1.82, 2.24) is 0 Å². The summed E-state index contributed by atoms with van der Waals surface area (Å²) >= 11 is 0. The molecule has 0 aliphatic carbocycles. The molecule has 0 aromatic carbocycles. The van der Waals surface area contributed by atoms with E-state index in [1.54, 1.807) is 0 Å². The zero-order valence-electron chi connectivity index (χ0n) is 4.05. The van der Waals surface area contributed by atoms with E-state index in [1.165, 1.54) is 0 Å². The highest BCUT2D eigenvalue weighted by Gasteiger charge is 2.51. The third-order valence-electron chi connectivity index (χ3n) is 0.537. The Morgan fingerprint density at radius 1 is 1.33 bits per heavy atom. The van der Waals surface area contributed by atoms with Crippen molar-refractivity contribution < 1.29 is 24.0 Å². The summed E-state index contributed by atoms with van der Waals surface area (Å²) in [6, 6.07) is 0. The maximum Gasteiger partial charge on any atom is 0.503 e. The van der Waals surface area contributed by atoms with Gasteiger partial charge in [0, 0.05) is 0 Å². The van der Waals surface area contributed by atoms with Gasteiger partial charge in [0.2, 0.25) is 0 Å². The van der Waals surface area contributed by atoms with E-state index >= 15 is 0 Å². The molecule has 0 radical (unpaired) electrons. The first-order valence-electron chi connectivity index (χ1n) is 1.69. The maximum absolute atomic E-state index is 9.74. The number of hydrogen-bond donors (Lipinski definition) is 2. The van der Waals surface area contributed by atoms with Gasteiger partial charge in [0.15, 0.2) is 0 Å². The highest BCUT2D eigenvalue weighted by Crippen LogP contribution is 2.39. The molecule has 0 heterocycles. The van der Waals surface area contributed by atoms with Crippen LogP contribution in [0.5, 0.6) is 0 Å². The van der Waals surface area contributed by atoms with Gasteiger partial charge in [-0.2, -0.15) is 0 Å². The number of rotatable bonds is 2. The lowest BCUT2D eigenvalue weighted by atomic mass is 11.3. The van der Waals surface area contributed by atoms with Gasteiger partial charge in [-0.3, -0.25) is 5.11 Å². The standard InChI is InChI=1S/CH3NO5P2/c2-1(3,8(4)5)9(6)7/h3H,2H2. The lowest BCUT2D eigenvalue weighted by Crippen LogP contribution is -2.36. The lowest BCUT2D eigenvalue weighted by molar-refractivity contribution is -0.190. The van der Waals surface area contributed by atoms with Crippen molar-refractivity contribution in [2.75, 3.05) is 0 Å². The van der Waals surface area contributed by atoms with E-state index in [2.05, 4.69) is 5.73 Å². The van der Waals surface area contributed by atoms with Crippen molar-refractivity contribution in [3.8, 4) is 0 Å². The Hall–Kier alpha value is 0.0400. The highest BCUT2D eigenvalue weighted by molar-refractivity contribution is 7.57. The molecule has 0 spiro atoms. The smallest absolute Gasteiger partial charge is 0.503 e. The molecule has 0 aliphatic heterocycles. The van der Waals surface area contributed by atoms with Crippen LogP contribution >= 0.6 is 16.1 Å². The van der Waals surface area contributed by atoms with Crippen LogP contribution in [-0.2, 0) is 9.13 Å². The van der Waals surface area contributed by atoms with E-state index < -0.39 is 21.3 Å². The maximum atomic E-state index is 9.74. The average molecular weight is 171 g/mol. The molecule has 0 aromatic heterocycles. The lowest BCUT2D eigenvalue weighted by Gasteiger charge is -2.01. The van der Waals surface area contributed by atoms with Crippen molar-refractivity contribution in [1.29, 1.82) is 0 Å². The molecule has 0 aromatic rings. The fourth-order valence-corrected chi connectivity index (χ4v) is 0.600. The monoisotopic (exact) mass is 171 g/mol. The number of nitrogens with two attached hydrogens (primary N) is 1. The third-order valence-corrected chi connectivity index (χ3v) is 2.59. The summed E-state index contributed by atoms with van der Waals surface area (Å²) in [5, 5.41) is 5.16. The molecule has 0 fully saturated rings. The predicted molar refractivity (Wildman–Crippen MR) is 24.4 cm³/mol. The fraction of sp³-hybridized carbons (Fsp3) is 1.00. The van der Waals surface area contributed by atoms with Crippen molar-refractivity contribution in [2.45, 2.75) is 5.21 Å². The van der Waals surface area contributed by atoms with Crippen LogP contribution in [0.15, 0.2) is 0 Å². The zero-order valence-corrected chi connectivity index (χ0v) is 5.84. The van der Waals surface area contributed by atoms with E-state index in [1.807, 2.05) is 0 Å². The molecular formula is CH3NO5P2. The van der Waals surface area contributed by atoms with E-state index in [0.717, 1.165) is 0 Å². The van der Waals surface area contributed by atoms with Gasteiger partial charge < -0.3 is 9.79 Å². The Balaban J connectivity index is 4.38. The second kappa shape index (κ2) is 2.75. The largest absolute Gasteiger partial charge is 0.588 e. The zero-order chi connectivity index (χ0) is 7.65. The van der Waals surface area contributed by atoms with Crippen molar-refractivity contribution in [3.63, 3.8) is 0 Å². The van der Waals surface area contributed by atoms with E-state index in [9.17, 15) is 18.9 Å². The molecule has 0 rings (SSSR count). The minimum Gasteiger partial charge on any atom is -0.588 e. The van der Waals surface area contributed by atoms with Gasteiger partial charge in [-0.05, 0) is 0 Å². The van der Waals surface area contributed by atoms with Gasteiger partial charge in [0.05, 0.1) is 0 Å². The van der Waals surface area contributed by atoms with Crippen LogP contribution in [0.3, 0.4) is 0 Å². The van der Waals surface area contributed by atoms with Crippen LogP contribution in [0.2, 0.25) is 0 Å². The summed E-state index contributed by atoms with van der Waals surface area (Å²) in [6.45, 7) is 0. The summed E-state index contributed by atoms with van der Waals surface area (Å²) in [5.74, 6) is 0. The average Bonchev–Trinajstić information content (AvgIpc) is 1.65. The Kier molecular flexibility index (Phi) is 2.76. The first-order valence-corrected chi connectivity index (χ1v) is 4.04. The molecule has 0 saturated heterocycles. The molecule has 0 amide bonds. The van der Waals surface area contributed by atoms with Crippen molar-refractivity contribution in [3.05, 3.63) is 0 Å². The van der Waals surface area contributed by atoms with Crippen LogP contribution in [0.1, 0.15) is 0 Å². The SMILES string of the molecule is NC(O)([P+](=O)[O-])[P+](=O)[O-]. The quantitative estimate of drug-likeness (QED) is 0.357. The van der Waals surface area contributed by atoms with Gasteiger partial charge in [-0.15, -0.1) is 0 Å². The van der Waals surface area contributed by atoms with Gasteiger partial charge in [0.25, 0.3) is 0 Å². The van der Waals surface area contributed by atoms with Crippen LogP contribution in [0.25, 0.3) is 0 Å². The van der Waals surface area contributed by atoms with Crippen molar-refractivity contribution >= 4 is 16.1 Å². The Morgan fingerprint density at radius 2 is 1.56 bits per heavy atom. The topological polar surface area (TPSA) is 127 Å². The van der Waals surface area contributed by atoms with Crippen LogP contribution in [-0.4, -0.2) is 10.3 Å². The Morgan fingerprint density at radius 3 is 1.56 bits per heavy atom. The summed E-state index contributed by atoms with van der Waals surface area (Å²) in [4.78, 5) is 19.5. The molecule has 0 aliphatic rings. The van der Waals surface area contributed by atoms with E-state index in [-0.39, 0.29) is 0 Å². The Labute approximate surface area is 52.0 Å². The summed E-state index contributed by atoms with van der Waals surface area (Å²) in [6.07, 6.45) is 0. The second-order valence-corrected chi connectivity index (χ2v) is 3.95. The third kappa shape index (κ3) is 2.02. The van der Waals surface area contributed by atoms with Gasteiger partial charge in [0.1, 0.15) is 0 Å². The highest BCUT2D eigenvalue weighted by atomic mass is 31.2. The normalized spacial score (nSPS) is 20.4. The van der Waals surface area contributed by atoms with Crippen LogP contribution in [0, 0.1) is 0 Å². The van der Waals surface area contributed by atoms with E-state index in [0.29, 0.717) is 0 Å². The summed E-state index contributed by atoms with van der Waals surface area (Å²) < 4.78 is 19.5. The minimum absolute atomic E-state index is 3.09. The minimum atomic E-state index is -3.55. The van der Waals surface area contributed by atoms with Gasteiger partial charge >= 0.3 is 21.3 Å². The molecule has 2 atom stereocenters. The molecule has 3 N–H and O–H groups in total. The summed E-state index contributed by atoms with van der Waals surface area (Å²) in [5.41, 5.74) is 4.37. The fourth-order valence-electron chi connectivity index (χ4n) is 0.0667. The van der Waals surface area contributed by atoms with Gasteiger partial charge in [-0.25, -0.2) is 5.73 Å². The molecule has 0 saturated carbocycles. The van der Waals surface area contributed by atoms with Crippen LogP contribution in [0.4, 0.5) is 0 Å². The summed E-state index contributed by atoms with van der Waals surface area (Å²) in [7, 11) is -7.09. The van der Waals surface area contributed by atoms with Crippen LogP contribution < -0.4 is 15.5 Å².